The maximum Gasteiger partial charge on any atom is 0.273 e. The lowest BCUT2D eigenvalue weighted by molar-refractivity contribution is 0.0928. The zero-order valence-electron chi connectivity index (χ0n) is 14.1. The summed E-state index contributed by atoms with van der Waals surface area (Å²) in [7, 11) is 0. The number of carbonyl (C=O) groups is 1. The predicted molar refractivity (Wildman–Crippen MR) is 95.8 cm³/mol. The van der Waals surface area contributed by atoms with E-state index in [0.717, 1.165) is 42.3 Å². The minimum Gasteiger partial charge on any atom is -0.360 e. The van der Waals surface area contributed by atoms with E-state index in [0.29, 0.717) is 18.2 Å². The van der Waals surface area contributed by atoms with Gasteiger partial charge in [0, 0.05) is 23.6 Å². The Balaban J connectivity index is 1.45. The molecule has 1 aliphatic carbocycles. The molecule has 1 aromatic carbocycles. The molecule has 0 spiro atoms. The van der Waals surface area contributed by atoms with E-state index in [4.69, 9.17) is 16.1 Å². The predicted octanol–water partition coefficient (Wildman–Crippen LogP) is 3.77. The number of halogens is 1. The molecule has 25 heavy (non-hydrogen) atoms. The minimum absolute atomic E-state index is 0.125. The Bertz CT molecular complexity index is 751. The van der Waals surface area contributed by atoms with Gasteiger partial charge in [0.2, 0.25) is 0 Å². The zero-order chi connectivity index (χ0) is 17.2. The number of rotatable bonds is 6. The Labute approximate surface area is 152 Å². The molecule has 1 amide bonds. The molecule has 4 rings (SSSR count). The van der Waals surface area contributed by atoms with Crippen LogP contribution in [0.25, 0.3) is 0 Å². The molecule has 1 unspecified atom stereocenters. The van der Waals surface area contributed by atoms with Crippen molar-refractivity contribution >= 4 is 17.5 Å². The van der Waals surface area contributed by atoms with Crippen LogP contribution in [0.15, 0.2) is 34.9 Å². The molecule has 1 aromatic heterocycles. The Morgan fingerprint density at radius 1 is 1.32 bits per heavy atom. The van der Waals surface area contributed by atoms with E-state index in [1.54, 1.807) is 6.07 Å². The van der Waals surface area contributed by atoms with Gasteiger partial charge in [-0.3, -0.25) is 9.69 Å². The lowest BCUT2D eigenvalue weighted by Gasteiger charge is -2.28. The number of hydrogen-bond donors (Lipinski definition) is 1. The van der Waals surface area contributed by atoms with Crippen LogP contribution < -0.4 is 5.32 Å². The highest BCUT2D eigenvalue weighted by molar-refractivity contribution is 6.30. The molecule has 132 valence electrons. The molecule has 1 N–H and O–H groups in total. The van der Waals surface area contributed by atoms with Crippen LogP contribution in [0, 0.1) is 0 Å². The van der Waals surface area contributed by atoms with Gasteiger partial charge in [0.1, 0.15) is 5.76 Å². The van der Waals surface area contributed by atoms with E-state index < -0.39 is 0 Å². The first kappa shape index (κ1) is 16.6. The monoisotopic (exact) mass is 359 g/mol. The number of amides is 1. The standard InChI is InChI=1S/C19H22ClN3O2/c20-15-5-3-4-14(10-15)17(23-8-1-2-9-23)12-21-19(24)16-11-18(25-22-16)13-6-7-13/h3-5,10-11,13,17H,1-2,6-9,12H2,(H,21,24). The van der Waals surface area contributed by atoms with Gasteiger partial charge in [0.25, 0.3) is 5.91 Å². The van der Waals surface area contributed by atoms with Crippen molar-refractivity contribution in [2.75, 3.05) is 19.6 Å². The van der Waals surface area contributed by atoms with Crippen molar-refractivity contribution in [2.24, 2.45) is 0 Å². The van der Waals surface area contributed by atoms with Gasteiger partial charge >= 0.3 is 0 Å². The average molecular weight is 360 g/mol. The fourth-order valence-electron chi connectivity index (χ4n) is 3.46. The van der Waals surface area contributed by atoms with Gasteiger partial charge < -0.3 is 9.84 Å². The van der Waals surface area contributed by atoms with Gasteiger partial charge in [0.05, 0.1) is 6.04 Å². The second-order valence-electron chi connectivity index (χ2n) is 6.91. The smallest absolute Gasteiger partial charge is 0.273 e. The lowest BCUT2D eigenvalue weighted by Crippen LogP contribution is -2.36. The lowest BCUT2D eigenvalue weighted by atomic mass is 10.1. The summed E-state index contributed by atoms with van der Waals surface area (Å²) in [6.07, 6.45) is 4.64. The molecule has 1 aliphatic heterocycles. The normalized spacial score (nSPS) is 19.1. The number of carbonyl (C=O) groups excluding carboxylic acids is 1. The third kappa shape index (κ3) is 3.88. The van der Waals surface area contributed by atoms with Crippen LogP contribution in [-0.4, -0.2) is 35.6 Å². The van der Waals surface area contributed by atoms with E-state index in [1.807, 2.05) is 18.2 Å². The molecular formula is C19H22ClN3O2. The van der Waals surface area contributed by atoms with Crippen LogP contribution in [-0.2, 0) is 0 Å². The fourth-order valence-corrected chi connectivity index (χ4v) is 3.66. The first-order valence-corrected chi connectivity index (χ1v) is 9.33. The number of nitrogens with zero attached hydrogens (tertiary/aromatic N) is 2. The number of nitrogens with one attached hydrogen (secondary N) is 1. The van der Waals surface area contributed by atoms with Gasteiger partial charge in [-0.15, -0.1) is 0 Å². The molecule has 1 atom stereocenters. The fraction of sp³-hybridized carbons (Fsp3) is 0.474. The van der Waals surface area contributed by atoms with Crippen LogP contribution >= 0.6 is 11.6 Å². The summed E-state index contributed by atoms with van der Waals surface area (Å²) in [5.74, 6) is 1.11. The molecular weight excluding hydrogens is 338 g/mol. The van der Waals surface area contributed by atoms with Crippen LogP contribution in [0.1, 0.15) is 59.5 Å². The van der Waals surface area contributed by atoms with Crippen LogP contribution in [0.4, 0.5) is 0 Å². The van der Waals surface area contributed by atoms with Crippen LogP contribution in [0.5, 0.6) is 0 Å². The molecule has 0 radical (unpaired) electrons. The number of hydrogen-bond acceptors (Lipinski definition) is 4. The average Bonchev–Trinajstić information content (AvgIpc) is 3.11. The Kier molecular flexibility index (Phi) is 4.77. The van der Waals surface area contributed by atoms with E-state index >= 15 is 0 Å². The summed E-state index contributed by atoms with van der Waals surface area (Å²) < 4.78 is 5.28. The second kappa shape index (κ2) is 7.18. The highest BCUT2D eigenvalue weighted by atomic mass is 35.5. The van der Waals surface area contributed by atoms with Crippen molar-refractivity contribution in [1.29, 1.82) is 0 Å². The minimum atomic E-state index is -0.179. The molecule has 0 bridgehead atoms. The SMILES string of the molecule is O=C(NCC(c1cccc(Cl)c1)N1CCCC1)c1cc(C2CC2)on1. The molecule has 2 heterocycles. The number of likely N-dealkylation sites (tertiary alicyclic amines) is 1. The Hall–Kier alpha value is -1.85. The molecule has 2 aromatic rings. The van der Waals surface area contributed by atoms with Crippen molar-refractivity contribution in [3.63, 3.8) is 0 Å². The summed E-state index contributed by atoms with van der Waals surface area (Å²) in [6, 6.07) is 9.79. The molecule has 5 nitrogen and oxygen atoms in total. The van der Waals surface area contributed by atoms with Gasteiger partial charge in [-0.1, -0.05) is 28.9 Å². The van der Waals surface area contributed by atoms with Crippen molar-refractivity contribution in [3.05, 3.63) is 52.4 Å². The Morgan fingerprint density at radius 2 is 2.12 bits per heavy atom. The van der Waals surface area contributed by atoms with E-state index in [2.05, 4.69) is 21.4 Å². The summed E-state index contributed by atoms with van der Waals surface area (Å²) in [4.78, 5) is 14.8. The third-order valence-corrected chi connectivity index (χ3v) is 5.25. The van der Waals surface area contributed by atoms with Crippen molar-refractivity contribution in [2.45, 2.75) is 37.6 Å². The van der Waals surface area contributed by atoms with Crippen LogP contribution in [0.2, 0.25) is 5.02 Å². The highest BCUT2D eigenvalue weighted by Gasteiger charge is 2.29. The van der Waals surface area contributed by atoms with Crippen molar-refractivity contribution in [3.8, 4) is 0 Å². The molecule has 2 aliphatic rings. The first-order valence-electron chi connectivity index (χ1n) is 8.95. The highest BCUT2D eigenvalue weighted by Crippen LogP contribution is 2.40. The molecule has 1 saturated heterocycles. The third-order valence-electron chi connectivity index (χ3n) is 5.01. The molecule has 6 heteroatoms. The maximum absolute atomic E-state index is 12.4. The summed E-state index contributed by atoms with van der Waals surface area (Å²) >= 11 is 6.16. The van der Waals surface area contributed by atoms with Gasteiger partial charge in [-0.05, 0) is 56.5 Å². The quantitative estimate of drug-likeness (QED) is 0.852. The van der Waals surface area contributed by atoms with E-state index in [9.17, 15) is 4.79 Å². The Morgan fingerprint density at radius 3 is 2.84 bits per heavy atom. The molecule has 1 saturated carbocycles. The topological polar surface area (TPSA) is 58.4 Å². The van der Waals surface area contributed by atoms with Gasteiger partial charge in [-0.25, -0.2) is 0 Å². The number of benzene rings is 1. The largest absolute Gasteiger partial charge is 0.360 e. The van der Waals surface area contributed by atoms with Gasteiger partial charge in [0.15, 0.2) is 5.69 Å². The van der Waals surface area contributed by atoms with E-state index in [1.165, 1.54) is 12.8 Å². The van der Waals surface area contributed by atoms with Crippen molar-refractivity contribution < 1.29 is 9.32 Å². The second-order valence-corrected chi connectivity index (χ2v) is 7.35. The summed E-state index contributed by atoms with van der Waals surface area (Å²) in [6.45, 7) is 2.62. The zero-order valence-corrected chi connectivity index (χ0v) is 14.8. The summed E-state index contributed by atoms with van der Waals surface area (Å²) in [5.41, 5.74) is 1.50. The van der Waals surface area contributed by atoms with Gasteiger partial charge in [-0.2, -0.15) is 0 Å². The van der Waals surface area contributed by atoms with E-state index in [-0.39, 0.29) is 11.9 Å². The maximum atomic E-state index is 12.4. The number of aromatic nitrogens is 1. The first-order chi connectivity index (χ1) is 12.2. The van der Waals surface area contributed by atoms with Crippen molar-refractivity contribution in [1.82, 2.24) is 15.4 Å². The summed E-state index contributed by atoms with van der Waals surface area (Å²) in [5, 5.41) is 7.66. The molecule has 2 fully saturated rings. The van der Waals surface area contributed by atoms with Crippen LogP contribution in [0.3, 0.4) is 0 Å².